The van der Waals surface area contributed by atoms with E-state index in [0.717, 1.165) is 12.8 Å². The highest BCUT2D eigenvalue weighted by Crippen LogP contribution is 2.17. The summed E-state index contributed by atoms with van der Waals surface area (Å²) in [5.41, 5.74) is 0. The van der Waals surface area contributed by atoms with Crippen LogP contribution in [0.4, 0.5) is 4.79 Å². The molecule has 1 rings (SSSR count). The van der Waals surface area contributed by atoms with E-state index < -0.39 is 0 Å². The third kappa shape index (κ3) is 6.47. The molecule has 0 aromatic rings. The number of hydrogen-bond donors (Lipinski definition) is 2. The predicted octanol–water partition coefficient (Wildman–Crippen LogP) is 1.96. The summed E-state index contributed by atoms with van der Waals surface area (Å²) in [6.45, 7) is 2.71. The third-order valence-electron chi connectivity index (χ3n) is 3.09. The minimum absolute atomic E-state index is 0.120. The summed E-state index contributed by atoms with van der Waals surface area (Å²) < 4.78 is 4.80. The van der Waals surface area contributed by atoms with Gasteiger partial charge in [0.1, 0.15) is 0 Å². The Balaban J connectivity index is 2.01. The molecule has 1 saturated carbocycles. The van der Waals surface area contributed by atoms with E-state index in [4.69, 9.17) is 4.74 Å². The Bertz CT molecular complexity index is 263. The first-order chi connectivity index (χ1) is 8.72. The molecule has 2 N–H and O–H groups in total. The van der Waals surface area contributed by atoms with Crippen molar-refractivity contribution in [1.29, 1.82) is 0 Å². The molecule has 1 fully saturated rings. The molecule has 0 aromatic carbocycles. The van der Waals surface area contributed by atoms with E-state index in [2.05, 4.69) is 10.6 Å². The number of hydrogen-bond acceptors (Lipinski definition) is 3. The van der Waals surface area contributed by atoms with E-state index in [1.165, 1.54) is 19.3 Å². The molecule has 18 heavy (non-hydrogen) atoms. The Labute approximate surface area is 109 Å². The van der Waals surface area contributed by atoms with Crippen molar-refractivity contribution in [1.82, 2.24) is 10.6 Å². The SMILES string of the molecule is CCOC(=O)CCCNC(=O)NC1CCCCC1. The van der Waals surface area contributed by atoms with Gasteiger partial charge < -0.3 is 15.4 Å². The van der Waals surface area contributed by atoms with Crippen LogP contribution in [0.2, 0.25) is 0 Å². The molecule has 0 aromatic heterocycles. The highest BCUT2D eigenvalue weighted by atomic mass is 16.5. The molecule has 0 unspecified atom stereocenters. The van der Waals surface area contributed by atoms with Crippen molar-refractivity contribution in [2.75, 3.05) is 13.2 Å². The molecule has 5 nitrogen and oxygen atoms in total. The summed E-state index contributed by atoms with van der Waals surface area (Å²) in [7, 11) is 0. The zero-order valence-electron chi connectivity index (χ0n) is 11.2. The number of esters is 1. The van der Waals surface area contributed by atoms with Crippen molar-refractivity contribution in [3.05, 3.63) is 0 Å². The van der Waals surface area contributed by atoms with Crippen molar-refractivity contribution in [3.63, 3.8) is 0 Å². The molecule has 0 bridgehead atoms. The summed E-state index contributed by atoms with van der Waals surface area (Å²) >= 11 is 0. The standard InChI is InChI=1S/C13H24N2O3/c1-2-18-12(16)9-6-10-14-13(17)15-11-7-4-3-5-8-11/h11H,2-10H2,1H3,(H2,14,15,17). The molecule has 1 aliphatic rings. The van der Waals surface area contributed by atoms with E-state index in [9.17, 15) is 9.59 Å². The molecule has 0 spiro atoms. The summed E-state index contributed by atoms with van der Waals surface area (Å²) in [4.78, 5) is 22.6. The van der Waals surface area contributed by atoms with Crippen molar-refractivity contribution < 1.29 is 14.3 Å². The van der Waals surface area contributed by atoms with Gasteiger partial charge in [0.05, 0.1) is 6.61 Å². The summed E-state index contributed by atoms with van der Waals surface area (Å²) in [5, 5.41) is 5.74. The van der Waals surface area contributed by atoms with Gasteiger partial charge in [0.2, 0.25) is 0 Å². The first-order valence-electron chi connectivity index (χ1n) is 6.92. The highest BCUT2D eigenvalue weighted by Gasteiger charge is 2.15. The fourth-order valence-corrected chi connectivity index (χ4v) is 2.15. The molecular formula is C13H24N2O3. The number of rotatable bonds is 6. The molecule has 104 valence electrons. The van der Waals surface area contributed by atoms with Gasteiger partial charge in [0.25, 0.3) is 0 Å². The highest BCUT2D eigenvalue weighted by molar-refractivity contribution is 5.74. The molecule has 0 saturated heterocycles. The van der Waals surface area contributed by atoms with Crippen molar-refractivity contribution in [2.45, 2.75) is 57.9 Å². The predicted molar refractivity (Wildman–Crippen MR) is 69.3 cm³/mol. The smallest absolute Gasteiger partial charge is 0.315 e. The van der Waals surface area contributed by atoms with Crippen LogP contribution in [0, 0.1) is 0 Å². The van der Waals surface area contributed by atoms with Crippen molar-refractivity contribution >= 4 is 12.0 Å². The fourth-order valence-electron chi connectivity index (χ4n) is 2.15. The number of ether oxygens (including phenoxy) is 1. The molecule has 1 aliphatic carbocycles. The Hall–Kier alpha value is -1.26. The first kappa shape index (κ1) is 14.8. The maximum atomic E-state index is 11.5. The van der Waals surface area contributed by atoms with Gasteiger partial charge in [-0.2, -0.15) is 0 Å². The molecule has 0 heterocycles. The van der Waals surface area contributed by atoms with E-state index in [0.29, 0.717) is 32.0 Å². The molecule has 5 heteroatoms. The van der Waals surface area contributed by atoms with Crippen molar-refractivity contribution in [2.24, 2.45) is 0 Å². The quantitative estimate of drug-likeness (QED) is 0.564. The molecule has 0 aliphatic heterocycles. The minimum atomic E-state index is -0.202. The van der Waals surface area contributed by atoms with Gasteiger partial charge in [-0.25, -0.2) is 4.79 Å². The van der Waals surface area contributed by atoms with Gasteiger partial charge in [0.15, 0.2) is 0 Å². The van der Waals surface area contributed by atoms with Crippen LogP contribution in [0.3, 0.4) is 0 Å². The minimum Gasteiger partial charge on any atom is -0.466 e. The van der Waals surface area contributed by atoms with Crippen LogP contribution in [0.25, 0.3) is 0 Å². The van der Waals surface area contributed by atoms with E-state index >= 15 is 0 Å². The number of carbonyl (C=O) groups excluding carboxylic acids is 2. The zero-order chi connectivity index (χ0) is 13.2. The van der Waals surface area contributed by atoms with Gasteiger partial charge in [-0.3, -0.25) is 4.79 Å². The fraction of sp³-hybridized carbons (Fsp3) is 0.846. The monoisotopic (exact) mass is 256 g/mol. The van der Waals surface area contributed by atoms with Crippen LogP contribution >= 0.6 is 0 Å². The number of urea groups is 1. The number of carbonyl (C=O) groups is 2. The van der Waals surface area contributed by atoms with Gasteiger partial charge in [-0.1, -0.05) is 19.3 Å². The maximum Gasteiger partial charge on any atom is 0.315 e. The Kier molecular flexibility index (Phi) is 7.22. The topological polar surface area (TPSA) is 67.4 Å². The Morgan fingerprint density at radius 1 is 1.22 bits per heavy atom. The maximum absolute atomic E-state index is 11.5. The van der Waals surface area contributed by atoms with Crippen LogP contribution in [0.1, 0.15) is 51.9 Å². The molecule has 0 radical (unpaired) electrons. The molecular weight excluding hydrogens is 232 g/mol. The first-order valence-corrected chi connectivity index (χ1v) is 6.92. The Morgan fingerprint density at radius 2 is 1.94 bits per heavy atom. The normalized spacial score (nSPS) is 16.1. The van der Waals surface area contributed by atoms with Crippen molar-refractivity contribution in [3.8, 4) is 0 Å². The van der Waals surface area contributed by atoms with Crippen LogP contribution in [-0.4, -0.2) is 31.2 Å². The van der Waals surface area contributed by atoms with Gasteiger partial charge in [-0.05, 0) is 26.2 Å². The van der Waals surface area contributed by atoms with E-state index in [1.807, 2.05) is 0 Å². The lowest BCUT2D eigenvalue weighted by atomic mass is 9.96. The van der Waals surface area contributed by atoms with Gasteiger partial charge in [0, 0.05) is 19.0 Å². The Morgan fingerprint density at radius 3 is 2.61 bits per heavy atom. The largest absolute Gasteiger partial charge is 0.466 e. The lowest BCUT2D eigenvalue weighted by Crippen LogP contribution is -2.43. The summed E-state index contributed by atoms with van der Waals surface area (Å²) in [6.07, 6.45) is 6.82. The van der Waals surface area contributed by atoms with Crippen LogP contribution in [0.15, 0.2) is 0 Å². The van der Waals surface area contributed by atoms with Gasteiger partial charge >= 0.3 is 12.0 Å². The lowest BCUT2D eigenvalue weighted by molar-refractivity contribution is -0.143. The lowest BCUT2D eigenvalue weighted by Gasteiger charge is -2.22. The summed E-state index contributed by atoms with van der Waals surface area (Å²) in [5.74, 6) is -0.202. The van der Waals surface area contributed by atoms with E-state index in [1.54, 1.807) is 6.92 Å². The summed E-state index contributed by atoms with van der Waals surface area (Å²) in [6, 6.07) is 0.203. The second-order valence-corrected chi connectivity index (χ2v) is 4.64. The molecule has 0 atom stereocenters. The average Bonchev–Trinajstić information content (AvgIpc) is 2.36. The number of nitrogens with one attached hydrogen (secondary N) is 2. The number of amides is 2. The van der Waals surface area contributed by atoms with Crippen LogP contribution in [0.5, 0.6) is 0 Å². The second-order valence-electron chi connectivity index (χ2n) is 4.64. The second kappa shape index (κ2) is 8.78. The molecule has 2 amide bonds. The third-order valence-corrected chi connectivity index (χ3v) is 3.09. The van der Waals surface area contributed by atoms with Gasteiger partial charge in [-0.15, -0.1) is 0 Å². The van der Waals surface area contributed by atoms with Crippen LogP contribution < -0.4 is 10.6 Å². The zero-order valence-corrected chi connectivity index (χ0v) is 11.2. The van der Waals surface area contributed by atoms with Crippen LogP contribution in [-0.2, 0) is 9.53 Å². The average molecular weight is 256 g/mol. The van der Waals surface area contributed by atoms with E-state index in [-0.39, 0.29) is 12.0 Å².